The van der Waals surface area contributed by atoms with E-state index in [0.29, 0.717) is 19.6 Å². The molecular weight excluding hydrogens is 232 g/mol. The number of aliphatic carboxylic acids is 1. The largest absolute Gasteiger partial charge is 0.481 e. The Labute approximate surface area is 106 Å². The zero-order valence-corrected chi connectivity index (χ0v) is 10.2. The smallest absolute Gasteiger partial charge is 0.303 e. The standard InChI is InChI=1S/C13H18N2O3/c14-8-9-15(12(16)6-7-13(17)18)10-11-4-2-1-3-5-11/h1-5H,6-10,14H2,(H,17,18). The van der Waals surface area contributed by atoms with Gasteiger partial charge < -0.3 is 15.7 Å². The molecule has 0 unspecified atom stereocenters. The molecule has 98 valence electrons. The fourth-order valence-corrected chi connectivity index (χ4v) is 1.62. The van der Waals surface area contributed by atoms with E-state index in [1.54, 1.807) is 4.90 Å². The number of amides is 1. The lowest BCUT2D eigenvalue weighted by atomic mass is 10.2. The summed E-state index contributed by atoms with van der Waals surface area (Å²) in [5.74, 6) is -1.14. The maximum atomic E-state index is 11.8. The molecule has 0 saturated heterocycles. The monoisotopic (exact) mass is 250 g/mol. The summed E-state index contributed by atoms with van der Waals surface area (Å²) in [6, 6.07) is 9.56. The molecule has 0 aliphatic carbocycles. The Morgan fingerprint density at radius 1 is 1.17 bits per heavy atom. The van der Waals surface area contributed by atoms with Gasteiger partial charge in [-0.1, -0.05) is 30.3 Å². The van der Waals surface area contributed by atoms with E-state index in [0.717, 1.165) is 5.56 Å². The highest BCUT2D eigenvalue weighted by atomic mass is 16.4. The number of carbonyl (C=O) groups is 2. The summed E-state index contributed by atoms with van der Waals surface area (Å²) in [7, 11) is 0. The molecule has 1 aromatic rings. The average Bonchev–Trinajstić information content (AvgIpc) is 2.36. The number of benzene rings is 1. The fourth-order valence-electron chi connectivity index (χ4n) is 1.62. The van der Waals surface area contributed by atoms with Crippen LogP contribution in [-0.4, -0.2) is 35.0 Å². The van der Waals surface area contributed by atoms with E-state index in [9.17, 15) is 9.59 Å². The number of carboxylic acids is 1. The molecule has 1 amide bonds. The number of carboxylic acid groups (broad SMARTS) is 1. The molecular formula is C13H18N2O3. The first-order valence-corrected chi connectivity index (χ1v) is 5.87. The third-order valence-electron chi connectivity index (χ3n) is 2.52. The molecule has 0 bridgehead atoms. The van der Waals surface area contributed by atoms with E-state index in [4.69, 9.17) is 10.8 Å². The van der Waals surface area contributed by atoms with Crippen LogP contribution in [-0.2, 0) is 16.1 Å². The Kier molecular flexibility index (Phi) is 5.87. The molecule has 0 aliphatic rings. The van der Waals surface area contributed by atoms with E-state index in [1.165, 1.54) is 0 Å². The quantitative estimate of drug-likeness (QED) is 0.751. The van der Waals surface area contributed by atoms with E-state index < -0.39 is 5.97 Å². The molecule has 0 fully saturated rings. The number of carbonyl (C=O) groups excluding carboxylic acids is 1. The van der Waals surface area contributed by atoms with Gasteiger partial charge in [-0.05, 0) is 5.56 Å². The minimum atomic E-state index is -0.962. The topological polar surface area (TPSA) is 83.6 Å². The minimum Gasteiger partial charge on any atom is -0.481 e. The first-order chi connectivity index (χ1) is 8.63. The van der Waals surface area contributed by atoms with Gasteiger partial charge in [0.2, 0.25) is 5.91 Å². The molecule has 0 heterocycles. The van der Waals surface area contributed by atoms with Gasteiger partial charge in [-0.25, -0.2) is 0 Å². The van der Waals surface area contributed by atoms with Crippen LogP contribution in [0.4, 0.5) is 0 Å². The highest BCUT2D eigenvalue weighted by Gasteiger charge is 2.14. The van der Waals surface area contributed by atoms with Gasteiger partial charge in [-0.3, -0.25) is 9.59 Å². The molecule has 5 heteroatoms. The van der Waals surface area contributed by atoms with E-state index in [-0.39, 0.29) is 18.7 Å². The van der Waals surface area contributed by atoms with Gasteiger partial charge in [0, 0.05) is 26.1 Å². The second kappa shape index (κ2) is 7.45. The maximum absolute atomic E-state index is 11.8. The van der Waals surface area contributed by atoms with Crippen molar-refractivity contribution in [1.29, 1.82) is 0 Å². The molecule has 1 rings (SSSR count). The maximum Gasteiger partial charge on any atom is 0.303 e. The van der Waals surface area contributed by atoms with Gasteiger partial charge in [-0.2, -0.15) is 0 Å². The zero-order valence-electron chi connectivity index (χ0n) is 10.2. The van der Waals surface area contributed by atoms with Crippen molar-refractivity contribution in [3.05, 3.63) is 35.9 Å². The van der Waals surface area contributed by atoms with Crippen molar-refractivity contribution in [1.82, 2.24) is 4.90 Å². The van der Waals surface area contributed by atoms with E-state index in [1.807, 2.05) is 30.3 Å². The van der Waals surface area contributed by atoms with Crippen molar-refractivity contribution < 1.29 is 14.7 Å². The van der Waals surface area contributed by atoms with Crippen molar-refractivity contribution in [2.24, 2.45) is 5.73 Å². The normalized spacial score (nSPS) is 10.1. The lowest BCUT2D eigenvalue weighted by molar-refractivity contribution is -0.141. The summed E-state index contributed by atoms with van der Waals surface area (Å²) >= 11 is 0. The van der Waals surface area contributed by atoms with Crippen LogP contribution in [0.3, 0.4) is 0 Å². The summed E-state index contributed by atoms with van der Waals surface area (Å²) in [4.78, 5) is 23.9. The van der Waals surface area contributed by atoms with E-state index in [2.05, 4.69) is 0 Å². The van der Waals surface area contributed by atoms with Crippen LogP contribution in [0, 0.1) is 0 Å². The van der Waals surface area contributed by atoms with Crippen LogP contribution in [0.1, 0.15) is 18.4 Å². The lowest BCUT2D eigenvalue weighted by Crippen LogP contribution is -2.35. The lowest BCUT2D eigenvalue weighted by Gasteiger charge is -2.22. The van der Waals surface area contributed by atoms with Crippen LogP contribution in [0.2, 0.25) is 0 Å². The summed E-state index contributed by atoms with van der Waals surface area (Å²) in [5.41, 5.74) is 6.48. The average molecular weight is 250 g/mol. The number of hydrogen-bond donors (Lipinski definition) is 2. The number of nitrogens with zero attached hydrogens (tertiary/aromatic N) is 1. The third-order valence-corrected chi connectivity index (χ3v) is 2.52. The van der Waals surface area contributed by atoms with Crippen molar-refractivity contribution in [2.45, 2.75) is 19.4 Å². The first kappa shape index (κ1) is 14.2. The van der Waals surface area contributed by atoms with E-state index >= 15 is 0 Å². The molecule has 0 saturated carbocycles. The van der Waals surface area contributed by atoms with Crippen molar-refractivity contribution in [3.8, 4) is 0 Å². The van der Waals surface area contributed by atoms with Crippen LogP contribution in [0.25, 0.3) is 0 Å². The Bertz CT molecular complexity index is 392. The van der Waals surface area contributed by atoms with Crippen molar-refractivity contribution in [2.75, 3.05) is 13.1 Å². The molecule has 18 heavy (non-hydrogen) atoms. The number of hydrogen-bond acceptors (Lipinski definition) is 3. The van der Waals surface area contributed by atoms with Gasteiger partial charge in [-0.15, -0.1) is 0 Å². The van der Waals surface area contributed by atoms with Crippen LogP contribution in [0.15, 0.2) is 30.3 Å². The van der Waals surface area contributed by atoms with Gasteiger partial charge in [0.15, 0.2) is 0 Å². The molecule has 1 aromatic carbocycles. The summed E-state index contributed by atoms with van der Waals surface area (Å²) < 4.78 is 0. The fraction of sp³-hybridized carbons (Fsp3) is 0.385. The van der Waals surface area contributed by atoms with Gasteiger partial charge in [0.1, 0.15) is 0 Å². The second-order valence-electron chi connectivity index (χ2n) is 3.98. The number of rotatable bonds is 7. The summed E-state index contributed by atoms with van der Waals surface area (Å²) in [5, 5.41) is 8.57. The SMILES string of the molecule is NCCN(Cc1ccccc1)C(=O)CCC(=O)O. The predicted octanol–water partition coefficient (Wildman–Crippen LogP) is 0.839. The second-order valence-corrected chi connectivity index (χ2v) is 3.98. The third kappa shape index (κ3) is 4.97. The predicted molar refractivity (Wildman–Crippen MR) is 67.8 cm³/mol. The van der Waals surface area contributed by atoms with Crippen LogP contribution < -0.4 is 5.73 Å². The van der Waals surface area contributed by atoms with Gasteiger partial charge in [0.25, 0.3) is 0 Å². The van der Waals surface area contributed by atoms with Gasteiger partial charge in [0.05, 0.1) is 6.42 Å². The minimum absolute atomic E-state index is 0.0160. The Balaban J connectivity index is 2.58. The Hall–Kier alpha value is -1.88. The molecule has 5 nitrogen and oxygen atoms in total. The van der Waals surface area contributed by atoms with Gasteiger partial charge >= 0.3 is 5.97 Å². The number of nitrogens with two attached hydrogens (primary N) is 1. The van der Waals surface area contributed by atoms with Crippen molar-refractivity contribution in [3.63, 3.8) is 0 Å². The summed E-state index contributed by atoms with van der Waals surface area (Å²) in [6.45, 7) is 1.27. The molecule has 0 spiro atoms. The van der Waals surface area contributed by atoms with Crippen LogP contribution >= 0.6 is 0 Å². The first-order valence-electron chi connectivity index (χ1n) is 5.87. The molecule has 0 atom stereocenters. The highest BCUT2D eigenvalue weighted by Crippen LogP contribution is 2.06. The molecule has 0 aliphatic heterocycles. The van der Waals surface area contributed by atoms with Crippen LogP contribution in [0.5, 0.6) is 0 Å². The zero-order chi connectivity index (χ0) is 13.4. The Morgan fingerprint density at radius 2 is 1.83 bits per heavy atom. The summed E-state index contributed by atoms with van der Waals surface area (Å²) in [6.07, 6.45) is -0.128. The highest BCUT2D eigenvalue weighted by molar-refractivity contribution is 5.80. The Morgan fingerprint density at radius 3 is 2.39 bits per heavy atom. The molecule has 3 N–H and O–H groups in total. The van der Waals surface area contributed by atoms with Crippen molar-refractivity contribution >= 4 is 11.9 Å². The molecule has 0 aromatic heterocycles. The molecule has 0 radical (unpaired) electrons.